The number of nitrogens with zero attached hydrogens (tertiary/aromatic N) is 2. The molecular weight excluding hydrogens is 340 g/mol. The fourth-order valence-electron chi connectivity index (χ4n) is 2.53. The molecule has 0 spiro atoms. The summed E-state index contributed by atoms with van der Waals surface area (Å²) in [5.41, 5.74) is 2.93. The summed E-state index contributed by atoms with van der Waals surface area (Å²) in [6.07, 6.45) is 0.295. The third-order valence-electron chi connectivity index (χ3n) is 3.87. The molecule has 1 heterocycles. The summed E-state index contributed by atoms with van der Waals surface area (Å²) in [7, 11) is 0. The van der Waals surface area contributed by atoms with E-state index >= 15 is 0 Å². The molecule has 0 unspecified atom stereocenters. The average Bonchev–Trinajstić information content (AvgIpc) is 2.67. The molecule has 138 valence electrons. The van der Waals surface area contributed by atoms with E-state index in [0.29, 0.717) is 24.7 Å². The lowest BCUT2D eigenvalue weighted by Gasteiger charge is -2.11. The Morgan fingerprint density at radius 1 is 0.963 bits per heavy atom. The van der Waals surface area contributed by atoms with Crippen LogP contribution in [0.15, 0.2) is 60.7 Å². The smallest absolute Gasteiger partial charge is 0.229 e. The molecule has 0 radical (unpaired) electrons. The summed E-state index contributed by atoms with van der Waals surface area (Å²) in [5.74, 6) is 1.60. The molecule has 0 aliphatic carbocycles. The second-order valence-electron chi connectivity index (χ2n) is 6.07. The summed E-state index contributed by atoms with van der Waals surface area (Å²) in [6, 6.07) is 19.0. The molecule has 6 nitrogen and oxygen atoms in total. The Morgan fingerprint density at radius 3 is 2.37 bits per heavy atom. The summed E-state index contributed by atoms with van der Waals surface area (Å²) in [4.78, 5) is 12.1. The van der Waals surface area contributed by atoms with Crippen molar-refractivity contribution in [1.29, 1.82) is 0 Å². The highest BCUT2D eigenvalue weighted by molar-refractivity contribution is 5.91. The molecule has 0 saturated carbocycles. The molecule has 1 amide bonds. The lowest BCUT2D eigenvalue weighted by molar-refractivity contribution is -0.115. The molecule has 0 atom stereocenters. The zero-order valence-electron chi connectivity index (χ0n) is 15.4. The van der Waals surface area contributed by atoms with Crippen molar-refractivity contribution in [3.8, 4) is 5.75 Å². The van der Waals surface area contributed by atoms with Crippen LogP contribution in [0, 0.1) is 6.92 Å². The molecule has 0 saturated heterocycles. The van der Waals surface area contributed by atoms with Gasteiger partial charge in [-0.2, -0.15) is 0 Å². The van der Waals surface area contributed by atoms with E-state index in [-0.39, 0.29) is 5.91 Å². The standard InChI is InChI=1S/C21H22N4O2/c1-3-27-18-7-5-4-6-17(18)22-19-12-13-20(25-24-19)23-21(26)14-16-10-8-15(2)9-11-16/h4-13H,3,14H2,1-2H3,(H,22,24)(H,23,25,26). The van der Waals surface area contributed by atoms with Crippen molar-refractivity contribution >= 4 is 23.2 Å². The molecule has 3 rings (SSSR count). The Hall–Kier alpha value is -3.41. The number of nitrogens with one attached hydrogen (secondary N) is 2. The van der Waals surface area contributed by atoms with Crippen LogP contribution in [0.5, 0.6) is 5.75 Å². The third kappa shape index (κ3) is 5.28. The van der Waals surface area contributed by atoms with E-state index in [1.54, 1.807) is 12.1 Å². The molecule has 2 aromatic carbocycles. The van der Waals surface area contributed by atoms with Crippen LogP contribution >= 0.6 is 0 Å². The molecule has 0 bridgehead atoms. The van der Waals surface area contributed by atoms with Gasteiger partial charge in [-0.15, -0.1) is 10.2 Å². The largest absolute Gasteiger partial charge is 0.492 e. The number of carbonyl (C=O) groups is 1. The quantitative estimate of drug-likeness (QED) is 0.661. The molecule has 0 aliphatic rings. The van der Waals surface area contributed by atoms with Crippen molar-refractivity contribution < 1.29 is 9.53 Å². The van der Waals surface area contributed by atoms with Gasteiger partial charge in [0.05, 0.1) is 18.7 Å². The SMILES string of the molecule is CCOc1ccccc1Nc1ccc(NC(=O)Cc2ccc(C)cc2)nn1. The molecule has 2 N–H and O–H groups in total. The highest BCUT2D eigenvalue weighted by Gasteiger charge is 2.07. The number of aromatic nitrogens is 2. The van der Waals surface area contributed by atoms with E-state index in [0.717, 1.165) is 17.0 Å². The van der Waals surface area contributed by atoms with Gasteiger partial charge in [-0.05, 0) is 43.7 Å². The number of hydrogen-bond donors (Lipinski definition) is 2. The number of benzene rings is 2. The van der Waals surface area contributed by atoms with Gasteiger partial charge in [0, 0.05) is 0 Å². The summed E-state index contributed by atoms with van der Waals surface area (Å²) >= 11 is 0. The van der Waals surface area contributed by atoms with Crippen LogP contribution in [0.2, 0.25) is 0 Å². The predicted molar refractivity (Wildman–Crippen MR) is 106 cm³/mol. The minimum atomic E-state index is -0.129. The van der Waals surface area contributed by atoms with Crippen LogP contribution in [0.3, 0.4) is 0 Å². The van der Waals surface area contributed by atoms with Gasteiger partial charge in [0.1, 0.15) is 5.75 Å². The lowest BCUT2D eigenvalue weighted by atomic mass is 10.1. The lowest BCUT2D eigenvalue weighted by Crippen LogP contribution is -2.15. The van der Waals surface area contributed by atoms with Crippen molar-refractivity contribution in [2.24, 2.45) is 0 Å². The van der Waals surface area contributed by atoms with E-state index in [9.17, 15) is 4.79 Å². The maximum Gasteiger partial charge on any atom is 0.229 e. The minimum absolute atomic E-state index is 0.129. The van der Waals surface area contributed by atoms with Gasteiger partial charge < -0.3 is 15.4 Å². The topological polar surface area (TPSA) is 76.1 Å². The predicted octanol–water partition coefficient (Wildman–Crippen LogP) is 4.11. The number of aryl methyl sites for hydroxylation is 1. The first-order valence-electron chi connectivity index (χ1n) is 8.82. The number of rotatable bonds is 7. The number of ether oxygens (including phenoxy) is 1. The Morgan fingerprint density at radius 2 is 1.67 bits per heavy atom. The highest BCUT2D eigenvalue weighted by Crippen LogP contribution is 2.26. The molecule has 1 aromatic heterocycles. The maximum atomic E-state index is 12.1. The first-order chi connectivity index (χ1) is 13.1. The van der Waals surface area contributed by atoms with Crippen molar-refractivity contribution in [1.82, 2.24) is 10.2 Å². The van der Waals surface area contributed by atoms with Crippen molar-refractivity contribution in [3.63, 3.8) is 0 Å². The molecule has 6 heteroatoms. The molecular formula is C21H22N4O2. The van der Waals surface area contributed by atoms with Gasteiger partial charge in [-0.3, -0.25) is 4.79 Å². The number of carbonyl (C=O) groups excluding carboxylic acids is 1. The second kappa shape index (κ2) is 8.80. The van der Waals surface area contributed by atoms with Crippen molar-refractivity contribution in [3.05, 3.63) is 71.8 Å². The van der Waals surface area contributed by atoms with Gasteiger partial charge in [0.25, 0.3) is 0 Å². The van der Waals surface area contributed by atoms with Crippen LogP contribution < -0.4 is 15.4 Å². The first kappa shape index (κ1) is 18.4. The normalized spacial score (nSPS) is 10.3. The van der Waals surface area contributed by atoms with Gasteiger partial charge in [-0.25, -0.2) is 0 Å². The molecule has 3 aromatic rings. The van der Waals surface area contributed by atoms with Gasteiger partial charge in [0.15, 0.2) is 11.6 Å². The summed E-state index contributed by atoms with van der Waals surface area (Å²) in [6.45, 7) is 4.53. The van der Waals surface area contributed by atoms with Crippen LogP contribution in [-0.4, -0.2) is 22.7 Å². The molecule has 27 heavy (non-hydrogen) atoms. The van der Waals surface area contributed by atoms with E-state index in [1.165, 1.54) is 5.56 Å². The Balaban J connectivity index is 1.60. The Labute approximate surface area is 158 Å². The number of anilines is 3. The van der Waals surface area contributed by atoms with Gasteiger partial charge >= 0.3 is 0 Å². The van der Waals surface area contributed by atoms with Gasteiger partial charge in [-0.1, -0.05) is 42.0 Å². The van der Waals surface area contributed by atoms with E-state index < -0.39 is 0 Å². The fraction of sp³-hybridized carbons (Fsp3) is 0.190. The van der Waals surface area contributed by atoms with E-state index in [1.807, 2.05) is 62.4 Å². The van der Waals surface area contributed by atoms with E-state index in [2.05, 4.69) is 20.8 Å². The Bertz CT molecular complexity index is 893. The van der Waals surface area contributed by atoms with E-state index in [4.69, 9.17) is 4.74 Å². The van der Waals surface area contributed by atoms with Crippen molar-refractivity contribution in [2.75, 3.05) is 17.2 Å². The maximum absolute atomic E-state index is 12.1. The highest BCUT2D eigenvalue weighted by atomic mass is 16.5. The zero-order chi connectivity index (χ0) is 19.1. The van der Waals surface area contributed by atoms with Crippen molar-refractivity contribution in [2.45, 2.75) is 20.3 Å². The summed E-state index contributed by atoms with van der Waals surface area (Å²) in [5, 5.41) is 14.1. The van der Waals surface area contributed by atoms with Crippen LogP contribution in [0.1, 0.15) is 18.1 Å². The third-order valence-corrected chi connectivity index (χ3v) is 3.87. The van der Waals surface area contributed by atoms with Crippen LogP contribution in [-0.2, 0) is 11.2 Å². The van der Waals surface area contributed by atoms with Crippen LogP contribution in [0.4, 0.5) is 17.3 Å². The Kier molecular flexibility index (Phi) is 5.99. The first-order valence-corrected chi connectivity index (χ1v) is 8.82. The van der Waals surface area contributed by atoms with Gasteiger partial charge in [0.2, 0.25) is 5.91 Å². The monoisotopic (exact) mass is 362 g/mol. The van der Waals surface area contributed by atoms with Crippen LogP contribution in [0.25, 0.3) is 0 Å². The fourth-order valence-corrected chi connectivity index (χ4v) is 2.53. The zero-order valence-corrected chi connectivity index (χ0v) is 15.4. The number of amides is 1. The molecule has 0 aliphatic heterocycles. The number of hydrogen-bond acceptors (Lipinski definition) is 5. The number of para-hydroxylation sites is 2. The minimum Gasteiger partial charge on any atom is -0.492 e. The second-order valence-corrected chi connectivity index (χ2v) is 6.07. The summed E-state index contributed by atoms with van der Waals surface area (Å²) < 4.78 is 5.58. The average molecular weight is 362 g/mol. The molecule has 0 fully saturated rings.